The highest BCUT2D eigenvalue weighted by atomic mass is 16.5. The molecule has 0 spiro atoms. The summed E-state index contributed by atoms with van der Waals surface area (Å²) < 4.78 is 9.70. The number of hydrogen-bond acceptors (Lipinski definition) is 5. The van der Waals surface area contributed by atoms with Crippen molar-refractivity contribution in [3.63, 3.8) is 0 Å². The number of esters is 2. The number of methoxy groups -OCH3 is 1. The van der Waals surface area contributed by atoms with E-state index in [1.54, 1.807) is 11.8 Å². The van der Waals surface area contributed by atoms with Gasteiger partial charge in [0.2, 0.25) is 0 Å². The lowest BCUT2D eigenvalue weighted by Crippen LogP contribution is -2.52. The summed E-state index contributed by atoms with van der Waals surface area (Å²) in [6.07, 6.45) is 1.16. The monoisotopic (exact) mass is 314 g/mol. The van der Waals surface area contributed by atoms with Crippen molar-refractivity contribution >= 4 is 18.0 Å². The van der Waals surface area contributed by atoms with E-state index >= 15 is 0 Å². The molecule has 1 aliphatic rings. The topological polar surface area (TPSA) is 84.9 Å². The maximum Gasteiger partial charge on any atom is 0.328 e. The van der Waals surface area contributed by atoms with E-state index in [1.807, 2.05) is 13.8 Å². The van der Waals surface area contributed by atoms with Crippen LogP contribution < -0.4 is 5.32 Å². The third-order valence-electron chi connectivity index (χ3n) is 3.80. The van der Waals surface area contributed by atoms with Crippen LogP contribution in [-0.4, -0.2) is 55.7 Å². The fourth-order valence-electron chi connectivity index (χ4n) is 2.43. The van der Waals surface area contributed by atoms with Crippen molar-refractivity contribution in [2.45, 2.75) is 39.7 Å². The molecule has 0 aromatic carbocycles. The molecule has 1 rings (SSSR count). The van der Waals surface area contributed by atoms with E-state index in [0.717, 1.165) is 0 Å². The van der Waals surface area contributed by atoms with Gasteiger partial charge in [-0.15, -0.1) is 0 Å². The fourth-order valence-corrected chi connectivity index (χ4v) is 2.43. The van der Waals surface area contributed by atoms with E-state index < -0.39 is 12.0 Å². The van der Waals surface area contributed by atoms with Gasteiger partial charge in [0.1, 0.15) is 6.04 Å². The Balaban J connectivity index is 2.51. The number of nitrogens with one attached hydrogen (secondary N) is 1. The van der Waals surface area contributed by atoms with Crippen molar-refractivity contribution in [1.29, 1.82) is 0 Å². The van der Waals surface area contributed by atoms with E-state index in [0.29, 0.717) is 32.5 Å². The molecule has 0 bridgehead atoms. The molecule has 1 fully saturated rings. The second-order valence-electron chi connectivity index (χ2n) is 5.71. The molecule has 1 saturated heterocycles. The van der Waals surface area contributed by atoms with Gasteiger partial charge < -0.3 is 19.7 Å². The molecule has 0 aromatic heterocycles. The second kappa shape index (κ2) is 8.60. The molecule has 1 atom stereocenters. The number of hydrogen-bond donors (Lipinski definition) is 1. The van der Waals surface area contributed by atoms with Crippen LogP contribution in [0.1, 0.15) is 33.6 Å². The first kappa shape index (κ1) is 18.3. The molecule has 0 aliphatic carbocycles. The number of carbonyl (C=O) groups is 3. The minimum atomic E-state index is -0.666. The molecule has 1 aliphatic heterocycles. The summed E-state index contributed by atoms with van der Waals surface area (Å²) in [6, 6.07) is -0.966. The number of nitrogens with zero attached hydrogens (tertiary/aromatic N) is 1. The van der Waals surface area contributed by atoms with Gasteiger partial charge in [-0.25, -0.2) is 9.59 Å². The smallest absolute Gasteiger partial charge is 0.328 e. The van der Waals surface area contributed by atoms with Crippen LogP contribution in [-0.2, 0) is 19.1 Å². The minimum absolute atomic E-state index is 0.0616. The summed E-state index contributed by atoms with van der Waals surface area (Å²) in [5, 5.41) is 2.70. The van der Waals surface area contributed by atoms with Crippen molar-refractivity contribution in [3.05, 3.63) is 0 Å². The van der Waals surface area contributed by atoms with Crippen LogP contribution >= 0.6 is 0 Å². The summed E-state index contributed by atoms with van der Waals surface area (Å²) in [6.45, 7) is 6.78. The summed E-state index contributed by atoms with van der Waals surface area (Å²) >= 11 is 0. The lowest BCUT2D eigenvalue weighted by Gasteiger charge is -2.32. The summed E-state index contributed by atoms with van der Waals surface area (Å²) in [4.78, 5) is 37.2. The molecule has 0 aromatic rings. The van der Waals surface area contributed by atoms with Crippen LogP contribution in [0.5, 0.6) is 0 Å². The molecule has 0 saturated carbocycles. The van der Waals surface area contributed by atoms with Gasteiger partial charge in [-0.3, -0.25) is 4.79 Å². The average Bonchev–Trinajstić information content (AvgIpc) is 2.51. The van der Waals surface area contributed by atoms with Crippen molar-refractivity contribution in [1.82, 2.24) is 10.2 Å². The zero-order valence-corrected chi connectivity index (χ0v) is 13.8. The zero-order valence-electron chi connectivity index (χ0n) is 13.8. The van der Waals surface area contributed by atoms with Crippen LogP contribution in [0.2, 0.25) is 0 Å². The van der Waals surface area contributed by atoms with E-state index in [-0.39, 0.29) is 23.8 Å². The first-order chi connectivity index (χ1) is 10.4. The molecule has 1 unspecified atom stereocenters. The Morgan fingerprint density at radius 1 is 1.23 bits per heavy atom. The largest absolute Gasteiger partial charge is 0.467 e. The third kappa shape index (κ3) is 4.89. The molecule has 1 heterocycles. The Hall–Kier alpha value is -1.79. The number of likely N-dealkylation sites (tertiary alicyclic amines) is 1. The van der Waals surface area contributed by atoms with Crippen LogP contribution in [0.4, 0.5) is 4.79 Å². The van der Waals surface area contributed by atoms with Gasteiger partial charge in [0.15, 0.2) is 0 Å². The Morgan fingerprint density at radius 3 is 2.27 bits per heavy atom. The zero-order chi connectivity index (χ0) is 16.7. The number of rotatable bonds is 5. The van der Waals surface area contributed by atoms with E-state index in [9.17, 15) is 14.4 Å². The average molecular weight is 314 g/mol. The fraction of sp³-hybridized carbons (Fsp3) is 0.800. The highest BCUT2D eigenvalue weighted by Crippen LogP contribution is 2.19. The molecule has 0 radical (unpaired) electrons. The predicted molar refractivity (Wildman–Crippen MR) is 80.1 cm³/mol. The number of ether oxygens (including phenoxy) is 2. The Morgan fingerprint density at radius 2 is 1.82 bits per heavy atom. The molecule has 22 heavy (non-hydrogen) atoms. The number of carbonyl (C=O) groups excluding carboxylic acids is 3. The van der Waals surface area contributed by atoms with Crippen LogP contribution in [0.15, 0.2) is 0 Å². The van der Waals surface area contributed by atoms with Gasteiger partial charge >= 0.3 is 18.0 Å². The van der Waals surface area contributed by atoms with Crippen molar-refractivity contribution in [2.24, 2.45) is 11.8 Å². The molecule has 1 N–H and O–H groups in total. The van der Waals surface area contributed by atoms with Crippen molar-refractivity contribution in [3.8, 4) is 0 Å². The highest BCUT2D eigenvalue weighted by Gasteiger charge is 2.31. The molecule has 7 nitrogen and oxygen atoms in total. The standard InChI is InChI=1S/C15H26N2O5/c1-5-22-13(18)11-6-8-17(9-7-11)15(20)16-12(10(2)3)14(19)21-4/h10-12H,5-9H2,1-4H3,(H,16,20). The summed E-state index contributed by atoms with van der Waals surface area (Å²) in [7, 11) is 1.30. The first-order valence-corrected chi connectivity index (χ1v) is 7.70. The number of urea groups is 1. The van der Waals surface area contributed by atoms with Gasteiger partial charge in [-0.2, -0.15) is 0 Å². The maximum atomic E-state index is 12.2. The Labute approximate surface area is 131 Å². The highest BCUT2D eigenvalue weighted by molar-refractivity contribution is 5.84. The van der Waals surface area contributed by atoms with E-state index in [4.69, 9.17) is 9.47 Å². The number of amides is 2. The van der Waals surface area contributed by atoms with Gasteiger partial charge in [0.25, 0.3) is 0 Å². The number of piperidine rings is 1. The van der Waals surface area contributed by atoms with E-state index in [2.05, 4.69) is 5.32 Å². The summed E-state index contributed by atoms with van der Waals surface area (Å²) in [5.41, 5.74) is 0. The van der Waals surface area contributed by atoms with Gasteiger partial charge in [-0.1, -0.05) is 13.8 Å². The van der Waals surface area contributed by atoms with Gasteiger partial charge in [0.05, 0.1) is 19.6 Å². The van der Waals surface area contributed by atoms with Gasteiger partial charge in [0, 0.05) is 13.1 Å². The first-order valence-electron chi connectivity index (χ1n) is 7.70. The minimum Gasteiger partial charge on any atom is -0.467 e. The predicted octanol–water partition coefficient (Wildman–Crippen LogP) is 1.17. The molecule has 126 valence electrons. The third-order valence-corrected chi connectivity index (χ3v) is 3.80. The maximum absolute atomic E-state index is 12.2. The summed E-state index contributed by atoms with van der Waals surface area (Å²) in [5.74, 6) is -0.860. The van der Waals surface area contributed by atoms with Crippen LogP contribution in [0.3, 0.4) is 0 Å². The van der Waals surface area contributed by atoms with Crippen LogP contribution in [0.25, 0.3) is 0 Å². The Bertz CT molecular complexity index is 403. The second-order valence-corrected chi connectivity index (χ2v) is 5.71. The van der Waals surface area contributed by atoms with Gasteiger partial charge in [-0.05, 0) is 25.7 Å². The van der Waals surface area contributed by atoms with Crippen molar-refractivity contribution in [2.75, 3.05) is 26.8 Å². The molecule has 2 amide bonds. The lowest BCUT2D eigenvalue weighted by atomic mass is 9.97. The van der Waals surface area contributed by atoms with E-state index in [1.165, 1.54) is 7.11 Å². The normalized spacial score (nSPS) is 17.0. The SMILES string of the molecule is CCOC(=O)C1CCN(C(=O)NC(C(=O)OC)C(C)C)CC1. The quantitative estimate of drug-likeness (QED) is 0.770. The lowest BCUT2D eigenvalue weighted by molar-refractivity contribution is -0.149. The Kier molecular flexibility index (Phi) is 7.14. The molecular formula is C15H26N2O5. The molecular weight excluding hydrogens is 288 g/mol. The van der Waals surface area contributed by atoms with Crippen LogP contribution in [0, 0.1) is 11.8 Å². The van der Waals surface area contributed by atoms with Crippen molar-refractivity contribution < 1.29 is 23.9 Å². The molecule has 7 heteroatoms.